The molecule has 0 nitrogen and oxygen atoms in total. The maximum absolute atomic E-state index is 2.87. The molecule has 0 saturated heterocycles. The molecule has 0 spiro atoms. The quantitative estimate of drug-likeness (QED) is 0.321. The zero-order valence-corrected chi connectivity index (χ0v) is 29.1. The summed E-state index contributed by atoms with van der Waals surface area (Å²) in [6.45, 7) is 32.8. The Morgan fingerprint density at radius 3 is 1.80 bits per heavy atom. The van der Waals surface area contributed by atoms with Crippen molar-refractivity contribution in [3.05, 3.63) is 0 Å². The highest BCUT2D eigenvalue weighted by molar-refractivity contribution is 5.20. The normalized spacial score (nSPS) is 61.9. The second-order valence-electron chi connectivity index (χ2n) is 19.0. The van der Waals surface area contributed by atoms with E-state index in [0.29, 0.717) is 16.2 Å². The topological polar surface area (TPSA) is 0 Å². The second-order valence-corrected chi connectivity index (χ2v) is 19.0. The molecule has 17 atom stereocenters. The maximum Gasteiger partial charge on any atom is -0.0212 e. The summed E-state index contributed by atoms with van der Waals surface area (Å²) in [5.74, 6) is 14.6. The first-order valence-electron chi connectivity index (χ1n) is 18.7. The molecule has 0 N–H and O–H groups in total. The molecule has 0 heteroatoms. The minimum absolute atomic E-state index is 0.428. The molecule has 0 amide bonds. The van der Waals surface area contributed by atoms with E-state index in [1.54, 1.807) is 32.1 Å². The molecule has 6 saturated carbocycles. The van der Waals surface area contributed by atoms with Crippen LogP contribution < -0.4 is 0 Å². The van der Waals surface area contributed by atoms with E-state index in [1.807, 2.05) is 0 Å². The van der Waals surface area contributed by atoms with Crippen molar-refractivity contribution in [3.63, 3.8) is 0 Å². The Labute approximate surface area is 251 Å². The summed E-state index contributed by atoms with van der Waals surface area (Å²) in [7, 11) is 0. The third-order valence-corrected chi connectivity index (χ3v) is 18.2. The lowest BCUT2D eigenvalue weighted by Gasteiger charge is -2.77. The predicted octanol–water partition coefficient (Wildman–Crippen LogP) is 11.6. The van der Waals surface area contributed by atoms with E-state index in [9.17, 15) is 0 Å². The highest BCUT2D eigenvalue weighted by atomic mass is 14.8. The molecule has 0 aromatic heterocycles. The van der Waals surface area contributed by atoms with Gasteiger partial charge in [-0.3, -0.25) is 0 Å². The standard InChI is InChI=1S/C40H70/c1-22(2)34-24(4)21-38(10)29(9)39(11)26(6)36-33(32-19-30-15-13-14-16-31(30)20-32)18-17-23(3)35(36)25(5)37(39)28(8)40(38,12)27(34)7/h22-37H,13-21H2,1-12H3. The number of hydrogen-bond acceptors (Lipinski definition) is 0. The molecule has 6 rings (SSSR count). The Bertz CT molecular complexity index is 918. The highest BCUT2D eigenvalue weighted by Gasteiger charge is 2.73. The van der Waals surface area contributed by atoms with Gasteiger partial charge in [-0.2, -0.15) is 0 Å². The van der Waals surface area contributed by atoms with Gasteiger partial charge >= 0.3 is 0 Å². The van der Waals surface area contributed by atoms with Crippen LogP contribution in [-0.2, 0) is 0 Å². The van der Waals surface area contributed by atoms with Crippen molar-refractivity contribution >= 4 is 0 Å². The Morgan fingerprint density at radius 1 is 0.625 bits per heavy atom. The molecule has 0 aromatic rings. The van der Waals surface area contributed by atoms with Crippen LogP contribution in [0.3, 0.4) is 0 Å². The van der Waals surface area contributed by atoms with Crippen molar-refractivity contribution in [2.24, 2.45) is 111 Å². The SMILES string of the molecule is CC(C)C1C(C)CC2(C)C(C)C3(C)C(C)C4C(C5CC6CCCCC6C5)CCC(C)C4C(C)C3C(C)C2(C)C1C. The van der Waals surface area contributed by atoms with Crippen LogP contribution >= 0.6 is 0 Å². The zero-order chi connectivity index (χ0) is 29.1. The first kappa shape index (κ1) is 30.0. The van der Waals surface area contributed by atoms with Gasteiger partial charge in [0.15, 0.2) is 0 Å². The largest absolute Gasteiger partial charge is 0.0625 e. The van der Waals surface area contributed by atoms with Crippen molar-refractivity contribution in [1.82, 2.24) is 0 Å². The van der Waals surface area contributed by atoms with E-state index in [4.69, 9.17) is 0 Å². The van der Waals surface area contributed by atoms with Crippen LogP contribution in [-0.4, -0.2) is 0 Å². The summed E-state index contributed by atoms with van der Waals surface area (Å²) < 4.78 is 0. The molecule has 40 heavy (non-hydrogen) atoms. The van der Waals surface area contributed by atoms with Crippen LogP contribution in [0.5, 0.6) is 0 Å². The third-order valence-electron chi connectivity index (χ3n) is 18.2. The lowest BCUT2D eigenvalue weighted by atomic mass is 9.27. The summed E-state index contributed by atoms with van der Waals surface area (Å²) >= 11 is 0. The van der Waals surface area contributed by atoms with E-state index in [1.165, 1.54) is 25.7 Å². The minimum atomic E-state index is 0.428. The molecule has 0 heterocycles. The van der Waals surface area contributed by atoms with Crippen LogP contribution in [0.15, 0.2) is 0 Å². The van der Waals surface area contributed by atoms with Gasteiger partial charge in [-0.15, -0.1) is 0 Å². The molecule has 0 radical (unpaired) electrons. The maximum atomic E-state index is 2.87. The Morgan fingerprint density at radius 2 is 1.23 bits per heavy atom. The van der Waals surface area contributed by atoms with Gasteiger partial charge in [0, 0.05) is 0 Å². The van der Waals surface area contributed by atoms with Crippen LogP contribution in [0.1, 0.15) is 141 Å². The molecular weight excluding hydrogens is 480 g/mol. The summed E-state index contributed by atoms with van der Waals surface area (Å²) in [6, 6.07) is 0. The van der Waals surface area contributed by atoms with Gasteiger partial charge in [-0.1, -0.05) is 115 Å². The van der Waals surface area contributed by atoms with Crippen molar-refractivity contribution < 1.29 is 0 Å². The van der Waals surface area contributed by atoms with E-state index in [-0.39, 0.29) is 0 Å². The van der Waals surface area contributed by atoms with Crippen LogP contribution in [0, 0.1) is 111 Å². The van der Waals surface area contributed by atoms with Crippen LogP contribution in [0.2, 0.25) is 0 Å². The lowest BCUT2D eigenvalue weighted by molar-refractivity contribution is -0.295. The molecule has 0 bridgehead atoms. The number of fused-ring (bicyclic) bond motifs is 4. The van der Waals surface area contributed by atoms with Gasteiger partial charge in [0.2, 0.25) is 0 Å². The van der Waals surface area contributed by atoms with Gasteiger partial charge < -0.3 is 0 Å². The zero-order valence-electron chi connectivity index (χ0n) is 29.1. The van der Waals surface area contributed by atoms with E-state index in [2.05, 4.69) is 83.1 Å². The summed E-state index contributed by atoms with van der Waals surface area (Å²) in [5, 5.41) is 0. The first-order chi connectivity index (χ1) is 18.7. The first-order valence-corrected chi connectivity index (χ1v) is 18.7. The fraction of sp³-hybridized carbons (Fsp3) is 1.00. The number of rotatable bonds is 2. The molecule has 0 aliphatic heterocycles. The molecular formula is C40H70. The van der Waals surface area contributed by atoms with Gasteiger partial charge in [0.1, 0.15) is 0 Å². The smallest absolute Gasteiger partial charge is 0.0212 e. The molecule has 6 fully saturated rings. The highest BCUT2D eigenvalue weighted by Crippen LogP contribution is 2.78. The Hall–Kier alpha value is 0. The van der Waals surface area contributed by atoms with Crippen LogP contribution in [0.25, 0.3) is 0 Å². The summed E-state index contributed by atoms with van der Waals surface area (Å²) in [5.41, 5.74) is 1.32. The van der Waals surface area contributed by atoms with Crippen molar-refractivity contribution in [2.75, 3.05) is 0 Å². The molecule has 230 valence electrons. The average Bonchev–Trinajstić information content (AvgIpc) is 3.33. The Kier molecular flexibility index (Phi) is 7.52. The van der Waals surface area contributed by atoms with Crippen LogP contribution in [0.4, 0.5) is 0 Å². The fourth-order valence-corrected chi connectivity index (χ4v) is 16.3. The summed E-state index contributed by atoms with van der Waals surface area (Å²) in [4.78, 5) is 0. The fourth-order valence-electron chi connectivity index (χ4n) is 16.3. The van der Waals surface area contributed by atoms with E-state index < -0.39 is 0 Å². The van der Waals surface area contributed by atoms with Gasteiger partial charge in [-0.05, 0) is 137 Å². The van der Waals surface area contributed by atoms with Crippen molar-refractivity contribution in [2.45, 2.75) is 141 Å². The predicted molar refractivity (Wildman–Crippen MR) is 173 cm³/mol. The molecule has 6 aliphatic carbocycles. The average molecular weight is 551 g/mol. The molecule has 6 aliphatic rings. The Balaban J connectivity index is 1.41. The van der Waals surface area contributed by atoms with Crippen molar-refractivity contribution in [3.8, 4) is 0 Å². The minimum Gasteiger partial charge on any atom is -0.0625 e. The van der Waals surface area contributed by atoms with Gasteiger partial charge in [0.05, 0.1) is 0 Å². The van der Waals surface area contributed by atoms with Gasteiger partial charge in [-0.25, -0.2) is 0 Å². The number of hydrogen-bond donors (Lipinski definition) is 0. The second kappa shape index (κ2) is 10.0. The molecule has 0 aromatic carbocycles. The monoisotopic (exact) mass is 551 g/mol. The van der Waals surface area contributed by atoms with Crippen molar-refractivity contribution in [1.29, 1.82) is 0 Å². The summed E-state index contributed by atoms with van der Waals surface area (Å²) in [6.07, 6.45) is 13.9. The lowest BCUT2D eigenvalue weighted by Crippen LogP contribution is -2.72. The van der Waals surface area contributed by atoms with E-state index in [0.717, 1.165) is 94.7 Å². The third kappa shape index (κ3) is 3.74. The molecule has 17 unspecified atom stereocenters. The van der Waals surface area contributed by atoms with Gasteiger partial charge in [0.25, 0.3) is 0 Å². The van der Waals surface area contributed by atoms with E-state index >= 15 is 0 Å².